The van der Waals surface area contributed by atoms with Gasteiger partial charge >= 0.3 is 0 Å². The van der Waals surface area contributed by atoms with Gasteiger partial charge in [0.25, 0.3) is 0 Å². The van der Waals surface area contributed by atoms with Gasteiger partial charge in [-0.15, -0.1) is 22.9 Å². The zero-order chi connectivity index (χ0) is 14.2. The van der Waals surface area contributed by atoms with Crippen LogP contribution in [0.5, 0.6) is 0 Å². The highest BCUT2D eigenvalue weighted by atomic mass is 35.5. The fraction of sp³-hybridized carbons (Fsp3) is 0.467. The normalized spacial score (nSPS) is 11.2. The van der Waals surface area contributed by atoms with Crippen molar-refractivity contribution >= 4 is 22.9 Å². The standard InChI is InChI=1S/C15H20ClN3S/c1-2-19(11-13-6-3-4-8-17-13)9-5-7-15-18-14(10-16)12-20-15/h3-4,6,8,12H,2,5,7,9-11H2,1H3. The molecule has 2 aromatic rings. The van der Waals surface area contributed by atoms with E-state index in [0.29, 0.717) is 5.88 Å². The predicted octanol–water partition coefficient (Wildman–Crippen LogP) is 3.73. The number of aromatic nitrogens is 2. The van der Waals surface area contributed by atoms with Crippen molar-refractivity contribution in [2.24, 2.45) is 0 Å². The molecule has 0 amide bonds. The van der Waals surface area contributed by atoms with Crippen molar-refractivity contribution in [1.29, 1.82) is 0 Å². The summed E-state index contributed by atoms with van der Waals surface area (Å²) in [4.78, 5) is 11.3. The van der Waals surface area contributed by atoms with Gasteiger partial charge in [0, 0.05) is 24.5 Å². The first kappa shape index (κ1) is 15.4. The second-order valence-electron chi connectivity index (χ2n) is 4.66. The van der Waals surface area contributed by atoms with Crippen LogP contribution < -0.4 is 0 Å². The molecule has 0 spiro atoms. The van der Waals surface area contributed by atoms with Gasteiger partial charge in [-0.1, -0.05) is 13.0 Å². The number of hydrogen-bond acceptors (Lipinski definition) is 4. The van der Waals surface area contributed by atoms with Crippen LogP contribution >= 0.6 is 22.9 Å². The molecule has 20 heavy (non-hydrogen) atoms. The molecule has 0 aliphatic rings. The summed E-state index contributed by atoms with van der Waals surface area (Å²) in [7, 11) is 0. The highest BCUT2D eigenvalue weighted by Crippen LogP contribution is 2.14. The lowest BCUT2D eigenvalue weighted by atomic mass is 10.2. The van der Waals surface area contributed by atoms with Crippen molar-refractivity contribution in [3.63, 3.8) is 0 Å². The summed E-state index contributed by atoms with van der Waals surface area (Å²) in [6.07, 6.45) is 4.00. The predicted molar refractivity (Wildman–Crippen MR) is 85.2 cm³/mol. The number of thiazole rings is 1. The maximum atomic E-state index is 5.77. The second-order valence-corrected chi connectivity index (χ2v) is 5.87. The minimum absolute atomic E-state index is 0.511. The Labute approximate surface area is 129 Å². The summed E-state index contributed by atoms with van der Waals surface area (Å²) >= 11 is 7.48. The van der Waals surface area contributed by atoms with Gasteiger partial charge in [0.15, 0.2) is 0 Å². The van der Waals surface area contributed by atoms with Gasteiger partial charge in [0.1, 0.15) is 0 Å². The molecule has 2 heterocycles. The number of alkyl halides is 1. The molecule has 2 rings (SSSR count). The Kier molecular flexibility index (Phi) is 6.43. The number of hydrogen-bond donors (Lipinski definition) is 0. The third-order valence-corrected chi connectivity index (χ3v) is 4.39. The van der Waals surface area contributed by atoms with E-state index in [4.69, 9.17) is 11.6 Å². The summed E-state index contributed by atoms with van der Waals surface area (Å²) in [5.74, 6) is 0.511. The third-order valence-electron chi connectivity index (χ3n) is 3.16. The Balaban J connectivity index is 1.76. The fourth-order valence-electron chi connectivity index (χ4n) is 2.05. The Morgan fingerprint density at radius 1 is 1.30 bits per heavy atom. The summed E-state index contributed by atoms with van der Waals surface area (Å²) in [6, 6.07) is 6.08. The molecule has 3 nitrogen and oxygen atoms in total. The van der Waals surface area contributed by atoms with Crippen LogP contribution in [-0.4, -0.2) is 28.0 Å². The quantitative estimate of drug-likeness (QED) is 0.696. The lowest BCUT2D eigenvalue weighted by Gasteiger charge is -2.19. The Morgan fingerprint density at radius 3 is 2.85 bits per heavy atom. The number of nitrogens with zero attached hydrogens (tertiary/aromatic N) is 3. The Bertz CT molecular complexity index is 501. The average molecular weight is 310 g/mol. The highest BCUT2D eigenvalue weighted by Gasteiger charge is 2.06. The smallest absolute Gasteiger partial charge is 0.0929 e. The van der Waals surface area contributed by atoms with E-state index in [1.807, 2.05) is 23.7 Å². The molecule has 108 valence electrons. The van der Waals surface area contributed by atoms with Crippen molar-refractivity contribution in [1.82, 2.24) is 14.9 Å². The molecule has 0 saturated carbocycles. The van der Waals surface area contributed by atoms with Crippen molar-refractivity contribution in [2.45, 2.75) is 32.2 Å². The third kappa shape index (κ3) is 4.85. The number of rotatable bonds is 8. The van der Waals surface area contributed by atoms with Crippen LogP contribution in [0.1, 0.15) is 29.7 Å². The van der Waals surface area contributed by atoms with Crippen LogP contribution in [0, 0.1) is 0 Å². The van der Waals surface area contributed by atoms with E-state index in [0.717, 1.165) is 43.9 Å². The van der Waals surface area contributed by atoms with Gasteiger partial charge in [-0.3, -0.25) is 9.88 Å². The van der Waals surface area contributed by atoms with Crippen LogP contribution in [-0.2, 0) is 18.8 Å². The van der Waals surface area contributed by atoms with Crippen molar-refractivity contribution in [2.75, 3.05) is 13.1 Å². The van der Waals surface area contributed by atoms with Crippen molar-refractivity contribution < 1.29 is 0 Å². The monoisotopic (exact) mass is 309 g/mol. The van der Waals surface area contributed by atoms with Gasteiger partial charge in [0.2, 0.25) is 0 Å². The van der Waals surface area contributed by atoms with E-state index in [1.54, 1.807) is 11.3 Å². The number of halogens is 1. The largest absolute Gasteiger partial charge is 0.298 e. The SMILES string of the molecule is CCN(CCCc1nc(CCl)cs1)Cc1ccccn1. The van der Waals surface area contributed by atoms with Crippen molar-refractivity contribution in [3.05, 3.63) is 46.2 Å². The van der Waals surface area contributed by atoms with Gasteiger partial charge in [-0.05, 0) is 31.6 Å². The molecule has 0 N–H and O–H groups in total. The van der Waals surface area contributed by atoms with Gasteiger partial charge in [-0.2, -0.15) is 0 Å². The summed E-state index contributed by atoms with van der Waals surface area (Å²) in [6.45, 7) is 5.23. The van der Waals surface area contributed by atoms with Gasteiger partial charge < -0.3 is 0 Å². The lowest BCUT2D eigenvalue weighted by molar-refractivity contribution is 0.273. The van der Waals surface area contributed by atoms with Crippen LogP contribution in [0.2, 0.25) is 0 Å². The minimum Gasteiger partial charge on any atom is -0.298 e. The van der Waals surface area contributed by atoms with Crippen LogP contribution in [0.3, 0.4) is 0 Å². The zero-order valence-electron chi connectivity index (χ0n) is 11.8. The first-order valence-electron chi connectivity index (χ1n) is 6.93. The van der Waals surface area contributed by atoms with E-state index in [-0.39, 0.29) is 0 Å². The molecule has 0 radical (unpaired) electrons. The van der Waals surface area contributed by atoms with Gasteiger partial charge in [0.05, 0.1) is 22.3 Å². The molecule has 0 bridgehead atoms. The fourth-order valence-corrected chi connectivity index (χ4v) is 3.12. The topological polar surface area (TPSA) is 29.0 Å². The molecule has 0 aromatic carbocycles. The molecule has 5 heteroatoms. The molecule has 0 fully saturated rings. The molecule has 2 aromatic heterocycles. The van der Waals surface area contributed by atoms with E-state index in [1.165, 1.54) is 5.01 Å². The second kappa shape index (κ2) is 8.35. The van der Waals surface area contributed by atoms with Crippen molar-refractivity contribution in [3.8, 4) is 0 Å². The van der Waals surface area contributed by atoms with Crippen LogP contribution in [0.4, 0.5) is 0 Å². The van der Waals surface area contributed by atoms with Gasteiger partial charge in [-0.25, -0.2) is 4.98 Å². The van der Waals surface area contributed by atoms with Crippen LogP contribution in [0.15, 0.2) is 29.8 Å². The minimum atomic E-state index is 0.511. The summed E-state index contributed by atoms with van der Waals surface area (Å²) < 4.78 is 0. The number of aryl methyl sites for hydroxylation is 1. The van der Waals surface area contributed by atoms with E-state index < -0.39 is 0 Å². The van der Waals surface area contributed by atoms with Crippen LogP contribution in [0.25, 0.3) is 0 Å². The molecule has 0 aliphatic carbocycles. The molecular weight excluding hydrogens is 290 g/mol. The maximum Gasteiger partial charge on any atom is 0.0929 e. The first-order chi connectivity index (χ1) is 9.81. The number of pyridine rings is 1. The van der Waals surface area contributed by atoms with E-state index >= 15 is 0 Å². The van der Waals surface area contributed by atoms with E-state index in [2.05, 4.69) is 27.9 Å². The average Bonchev–Trinajstić information content (AvgIpc) is 2.95. The molecule has 0 aliphatic heterocycles. The molecule has 0 atom stereocenters. The Hall–Kier alpha value is -0.970. The zero-order valence-corrected chi connectivity index (χ0v) is 13.3. The maximum absolute atomic E-state index is 5.77. The molecule has 0 unspecified atom stereocenters. The summed E-state index contributed by atoms with van der Waals surface area (Å²) in [5.41, 5.74) is 2.13. The molecule has 0 saturated heterocycles. The Morgan fingerprint density at radius 2 is 2.20 bits per heavy atom. The molecular formula is C15H20ClN3S. The van der Waals surface area contributed by atoms with E-state index in [9.17, 15) is 0 Å². The lowest BCUT2D eigenvalue weighted by Crippen LogP contribution is -2.24. The summed E-state index contributed by atoms with van der Waals surface area (Å²) in [5, 5.41) is 3.24. The highest BCUT2D eigenvalue weighted by molar-refractivity contribution is 7.09. The first-order valence-corrected chi connectivity index (χ1v) is 8.34.